The smallest absolute Gasteiger partial charge is 0.331 e. The van der Waals surface area contributed by atoms with Crippen LogP contribution < -0.4 is 14.9 Å². The minimum Gasteiger partial charge on any atom is -0.508 e. The molecule has 3 aromatic carbocycles. The van der Waals surface area contributed by atoms with Gasteiger partial charge in [0.1, 0.15) is 70.9 Å². The Bertz CT molecular complexity index is 2110. The van der Waals surface area contributed by atoms with Gasteiger partial charge in [0.15, 0.2) is 29.7 Å². The highest BCUT2D eigenvalue weighted by Gasteiger charge is 2.52. The van der Waals surface area contributed by atoms with Crippen molar-refractivity contribution in [2.24, 2.45) is 0 Å². The molecule has 56 heavy (non-hydrogen) atoms. The number of ether oxygens (including phenoxy) is 6. The molecule has 0 unspecified atom stereocenters. The van der Waals surface area contributed by atoms with Crippen LogP contribution in [0, 0.1) is 0 Å². The molecule has 2 aliphatic heterocycles. The molecule has 2 fully saturated rings. The van der Waals surface area contributed by atoms with E-state index in [1.54, 1.807) is 0 Å². The summed E-state index contributed by atoms with van der Waals surface area (Å²) in [6.07, 6.45) is -16.1. The Balaban J connectivity index is 1.26. The van der Waals surface area contributed by atoms with Crippen LogP contribution in [0.3, 0.4) is 0 Å². The predicted molar refractivity (Wildman–Crippen MR) is 188 cm³/mol. The van der Waals surface area contributed by atoms with Crippen LogP contribution in [0.5, 0.6) is 34.5 Å². The van der Waals surface area contributed by atoms with Crippen LogP contribution in [0.1, 0.15) is 5.56 Å². The van der Waals surface area contributed by atoms with Crippen molar-refractivity contribution in [3.8, 4) is 45.8 Å². The van der Waals surface area contributed by atoms with E-state index in [2.05, 4.69) is 0 Å². The second-order valence-corrected chi connectivity index (χ2v) is 12.8. The number of aromatic hydroxyl groups is 4. The highest BCUT2D eigenvalue weighted by Crippen LogP contribution is 2.38. The summed E-state index contributed by atoms with van der Waals surface area (Å²) >= 11 is 0. The number of carbonyl (C=O) groups is 1. The molecule has 300 valence electrons. The second kappa shape index (κ2) is 16.7. The van der Waals surface area contributed by atoms with E-state index in [1.807, 2.05) is 0 Å². The maximum Gasteiger partial charge on any atom is 0.331 e. The lowest BCUT2D eigenvalue weighted by atomic mass is 9.96. The lowest BCUT2D eigenvalue weighted by Crippen LogP contribution is -2.65. The maximum absolute atomic E-state index is 13.8. The lowest BCUT2D eigenvalue weighted by molar-refractivity contribution is -0.352. The zero-order valence-corrected chi connectivity index (χ0v) is 29.2. The van der Waals surface area contributed by atoms with Gasteiger partial charge in [-0.3, -0.25) is 4.79 Å². The van der Waals surface area contributed by atoms with Crippen LogP contribution in [-0.2, 0) is 23.7 Å². The summed E-state index contributed by atoms with van der Waals surface area (Å²) in [7, 11) is 1.33. The van der Waals surface area contributed by atoms with Gasteiger partial charge in [-0.15, -0.1) is 0 Å². The Morgan fingerprint density at radius 1 is 0.768 bits per heavy atom. The molecule has 0 aliphatic carbocycles. The molecule has 0 saturated carbocycles. The molecule has 4 aromatic rings. The third-order valence-corrected chi connectivity index (χ3v) is 9.09. The van der Waals surface area contributed by atoms with Crippen molar-refractivity contribution < 1.29 is 88.7 Å². The first kappa shape index (κ1) is 40.2. The number of methoxy groups -OCH3 is 1. The number of hydrogen-bond donors (Lipinski definition) is 10. The summed E-state index contributed by atoms with van der Waals surface area (Å²) < 4.78 is 39.2. The molecule has 2 saturated heterocycles. The van der Waals surface area contributed by atoms with Crippen molar-refractivity contribution in [2.75, 3.05) is 20.3 Å². The van der Waals surface area contributed by atoms with Gasteiger partial charge in [0.05, 0.1) is 20.3 Å². The van der Waals surface area contributed by atoms with Crippen LogP contribution in [0.2, 0.25) is 0 Å². The molecule has 0 radical (unpaired) electrons. The van der Waals surface area contributed by atoms with Crippen molar-refractivity contribution in [3.63, 3.8) is 0 Å². The fourth-order valence-corrected chi connectivity index (χ4v) is 6.19. The minimum atomic E-state index is -2.09. The number of fused-ring (bicyclic) bond motifs is 1. The lowest BCUT2D eigenvalue weighted by Gasteiger charge is -2.46. The Morgan fingerprint density at radius 3 is 2.12 bits per heavy atom. The number of benzene rings is 3. The Morgan fingerprint density at radius 2 is 1.45 bits per heavy atom. The minimum absolute atomic E-state index is 0.115. The van der Waals surface area contributed by atoms with E-state index < -0.39 is 109 Å². The first-order chi connectivity index (χ1) is 26.7. The van der Waals surface area contributed by atoms with Gasteiger partial charge in [-0.1, -0.05) is 6.07 Å². The van der Waals surface area contributed by atoms with Crippen molar-refractivity contribution in [1.29, 1.82) is 0 Å². The molecule has 0 amide bonds. The van der Waals surface area contributed by atoms with Gasteiger partial charge >= 0.3 is 5.97 Å². The van der Waals surface area contributed by atoms with Crippen molar-refractivity contribution in [2.45, 2.75) is 61.4 Å². The van der Waals surface area contributed by atoms with Gasteiger partial charge < -0.3 is 83.9 Å². The Labute approximate surface area is 315 Å². The van der Waals surface area contributed by atoms with Crippen LogP contribution in [0.25, 0.3) is 28.4 Å². The molecular weight excluding hydrogens is 748 g/mol. The third-order valence-electron chi connectivity index (χ3n) is 9.09. The molecule has 0 spiro atoms. The van der Waals surface area contributed by atoms with E-state index in [4.69, 9.17) is 32.8 Å². The van der Waals surface area contributed by atoms with Gasteiger partial charge in [0.2, 0.25) is 17.5 Å². The zero-order valence-electron chi connectivity index (χ0n) is 29.2. The second-order valence-electron chi connectivity index (χ2n) is 12.8. The molecular formula is C37H38O19. The van der Waals surface area contributed by atoms with Crippen LogP contribution >= 0.6 is 0 Å². The summed E-state index contributed by atoms with van der Waals surface area (Å²) in [6, 6.07) is 11.4. The summed E-state index contributed by atoms with van der Waals surface area (Å²) in [5, 5.41) is 104. The van der Waals surface area contributed by atoms with E-state index in [0.29, 0.717) is 5.56 Å². The SMILES string of the molecule is COc1cc(/C=C/C(=O)O[C@H]2[C@H](O[C@H]3[C@H](O)[C@@H](O)[C@H](Oc4c(-c5ccc(O)cc5)oc5cc(O)cc(O)c5c4=O)O[C@@H]3CO)O[C@H](CO)[C@H](O)[C@@H]2O)ccc1O. The topological polar surface area (TPSA) is 305 Å². The predicted octanol–water partition coefficient (Wildman–Crippen LogP) is -0.442. The Kier molecular flexibility index (Phi) is 12.0. The summed E-state index contributed by atoms with van der Waals surface area (Å²) in [5.41, 5.74) is -0.714. The van der Waals surface area contributed by atoms with E-state index in [-0.39, 0.29) is 34.2 Å². The first-order valence-corrected chi connectivity index (χ1v) is 16.9. The zero-order chi connectivity index (χ0) is 40.4. The van der Waals surface area contributed by atoms with Gasteiger partial charge in [-0.2, -0.15) is 0 Å². The van der Waals surface area contributed by atoms with E-state index in [9.17, 15) is 60.7 Å². The van der Waals surface area contributed by atoms with Crippen LogP contribution in [0.15, 0.2) is 69.9 Å². The fourth-order valence-electron chi connectivity index (χ4n) is 6.19. The van der Waals surface area contributed by atoms with Crippen molar-refractivity contribution in [3.05, 3.63) is 76.5 Å². The number of hydrogen-bond acceptors (Lipinski definition) is 19. The number of carbonyl (C=O) groups excluding carboxylic acids is 1. The third kappa shape index (κ3) is 8.07. The number of esters is 1. The molecule has 3 heterocycles. The molecule has 6 rings (SSSR count). The average Bonchev–Trinajstić information content (AvgIpc) is 3.17. The summed E-state index contributed by atoms with van der Waals surface area (Å²) in [4.78, 5) is 26.7. The van der Waals surface area contributed by atoms with Gasteiger partial charge in [0.25, 0.3) is 0 Å². The summed E-state index contributed by atoms with van der Waals surface area (Å²) in [6.45, 7) is -1.78. The van der Waals surface area contributed by atoms with Crippen molar-refractivity contribution >= 4 is 23.0 Å². The van der Waals surface area contributed by atoms with E-state index in [0.717, 1.165) is 18.2 Å². The van der Waals surface area contributed by atoms with Gasteiger partial charge in [0, 0.05) is 23.8 Å². The quantitative estimate of drug-likeness (QED) is 0.0680. The number of aliphatic hydroxyl groups excluding tert-OH is 6. The standard InChI is InChI=1S/C37H38O19/c1-50-21-10-15(2-8-19(21)42)3-9-25(44)54-35-29(47)27(45)23(13-38)52-37(35)55-33-24(14-39)53-36(31(49)30(33)48)56-34-28(46)26-20(43)11-18(41)12-22(26)51-32(34)16-4-6-17(40)7-5-16/h2-12,23-24,27,29-31,33,35-43,45,47-49H,13-14H2,1H3/b9-3+/t23-,24-,27+,29+,30-,31-,33-,35-,36+,37+/m1/s1. The number of rotatable bonds is 11. The van der Waals surface area contributed by atoms with Crippen molar-refractivity contribution in [1.82, 2.24) is 0 Å². The largest absolute Gasteiger partial charge is 0.508 e. The molecule has 19 heteroatoms. The number of phenolic OH excluding ortho intramolecular Hbond substituents is 4. The normalized spacial score (nSPS) is 28.0. The van der Waals surface area contributed by atoms with Crippen LogP contribution in [0.4, 0.5) is 0 Å². The molecule has 19 nitrogen and oxygen atoms in total. The molecule has 10 atom stereocenters. The monoisotopic (exact) mass is 786 g/mol. The highest BCUT2D eigenvalue weighted by molar-refractivity contribution is 5.88. The number of phenols is 4. The van der Waals surface area contributed by atoms with E-state index >= 15 is 0 Å². The molecule has 0 bridgehead atoms. The molecule has 2 aliphatic rings. The Hall–Kier alpha value is -5.48. The maximum atomic E-state index is 13.8. The highest BCUT2D eigenvalue weighted by atomic mass is 16.7. The molecule has 10 N–H and O–H groups in total. The first-order valence-electron chi connectivity index (χ1n) is 16.9. The van der Waals surface area contributed by atoms with Gasteiger partial charge in [-0.25, -0.2) is 4.79 Å². The fraction of sp³-hybridized carbons (Fsp3) is 0.351. The molecule has 1 aromatic heterocycles. The summed E-state index contributed by atoms with van der Waals surface area (Å²) in [5.74, 6) is -3.34. The average molecular weight is 787 g/mol. The number of aliphatic hydroxyl groups is 6. The van der Waals surface area contributed by atoms with Crippen LogP contribution in [-0.4, -0.2) is 139 Å². The van der Waals surface area contributed by atoms with E-state index in [1.165, 1.54) is 55.7 Å². The van der Waals surface area contributed by atoms with Gasteiger partial charge in [-0.05, 0) is 48.0 Å².